The van der Waals surface area contributed by atoms with Gasteiger partial charge in [0.15, 0.2) is 12.2 Å². The number of hydrogen-bond donors (Lipinski definition) is 0. The smallest absolute Gasteiger partial charge is 0.303 e. The van der Waals surface area contributed by atoms with Crippen molar-refractivity contribution in [3.63, 3.8) is 0 Å². The number of benzene rings is 1. The van der Waals surface area contributed by atoms with E-state index >= 15 is 0 Å². The standard InChI is InChI=1S/C17H20O8/c1-10(18)22-14-9-21-17(25-13-7-5-4-6-8-13)16(24-12(3)20)15(14)23-11(2)19/h4-8,14-17H,9H2,1-3H3/t14-,15-,16-,17+/m1/s1. The first-order chi connectivity index (χ1) is 11.9. The lowest BCUT2D eigenvalue weighted by molar-refractivity contribution is -0.259. The van der Waals surface area contributed by atoms with Crippen LogP contribution >= 0.6 is 0 Å². The monoisotopic (exact) mass is 352 g/mol. The van der Waals surface area contributed by atoms with Gasteiger partial charge in [-0.1, -0.05) is 18.2 Å². The Labute approximate surface area is 144 Å². The zero-order valence-electron chi connectivity index (χ0n) is 14.2. The van der Waals surface area contributed by atoms with E-state index in [1.54, 1.807) is 24.3 Å². The molecule has 25 heavy (non-hydrogen) atoms. The van der Waals surface area contributed by atoms with Crippen LogP contribution < -0.4 is 4.74 Å². The van der Waals surface area contributed by atoms with Crippen molar-refractivity contribution in [2.45, 2.75) is 45.4 Å². The maximum atomic E-state index is 11.5. The Hall–Kier alpha value is -2.61. The maximum Gasteiger partial charge on any atom is 0.303 e. The number of ether oxygens (including phenoxy) is 5. The van der Waals surface area contributed by atoms with Gasteiger partial charge in [0.2, 0.25) is 12.4 Å². The summed E-state index contributed by atoms with van der Waals surface area (Å²) in [4.78, 5) is 34.2. The molecule has 4 atom stereocenters. The van der Waals surface area contributed by atoms with Gasteiger partial charge in [-0.25, -0.2) is 0 Å². The third-order valence-electron chi connectivity index (χ3n) is 3.30. The maximum absolute atomic E-state index is 11.5. The molecule has 1 aliphatic heterocycles. The predicted octanol–water partition coefficient (Wildman–Crippen LogP) is 1.22. The minimum Gasteiger partial charge on any atom is -0.461 e. The van der Waals surface area contributed by atoms with E-state index in [4.69, 9.17) is 23.7 Å². The first-order valence-electron chi connectivity index (χ1n) is 7.71. The fraction of sp³-hybridized carbons (Fsp3) is 0.471. The SMILES string of the molecule is CC(=O)O[C@H]1[C@H](Oc2ccccc2)OC[C@@H](OC(C)=O)[C@H]1OC(C)=O. The van der Waals surface area contributed by atoms with E-state index in [2.05, 4.69) is 0 Å². The average Bonchev–Trinajstić information content (AvgIpc) is 2.52. The van der Waals surface area contributed by atoms with Gasteiger partial charge >= 0.3 is 17.9 Å². The van der Waals surface area contributed by atoms with Crippen molar-refractivity contribution in [3.05, 3.63) is 30.3 Å². The summed E-state index contributed by atoms with van der Waals surface area (Å²) in [7, 11) is 0. The van der Waals surface area contributed by atoms with E-state index in [1.165, 1.54) is 20.8 Å². The van der Waals surface area contributed by atoms with Crippen LogP contribution in [-0.4, -0.2) is 49.1 Å². The summed E-state index contributed by atoms with van der Waals surface area (Å²) in [6.45, 7) is 3.56. The van der Waals surface area contributed by atoms with Gasteiger partial charge in [-0.05, 0) is 12.1 Å². The van der Waals surface area contributed by atoms with E-state index in [0.29, 0.717) is 5.75 Å². The minimum absolute atomic E-state index is 0.0766. The Bertz CT molecular complexity index is 614. The van der Waals surface area contributed by atoms with E-state index in [0.717, 1.165) is 0 Å². The third kappa shape index (κ3) is 5.46. The van der Waals surface area contributed by atoms with E-state index < -0.39 is 42.5 Å². The van der Waals surface area contributed by atoms with Gasteiger partial charge in [-0.15, -0.1) is 0 Å². The number of hydrogen-bond acceptors (Lipinski definition) is 8. The second-order valence-corrected chi connectivity index (χ2v) is 5.43. The van der Waals surface area contributed by atoms with Gasteiger partial charge in [-0.3, -0.25) is 14.4 Å². The molecule has 1 heterocycles. The van der Waals surface area contributed by atoms with Crippen LogP contribution in [0.1, 0.15) is 20.8 Å². The molecule has 2 rings (SSSR count). The Balaban J connectivity index is 2.25. The molecule has 8 nitrogen and oxygen atoms in total. The zero-order valence-corrected chi connectivity index (χ0v) is 14.2. The molecular weight excluding hydrogens is 332 g/mol. The van der Waals surface area contributed by atoms with Crippen molar-refractivity contribution < 1.29 is 38.1 Å². The van der Waals surface area contributed by atoms with Crippen LogP contribution in [0.2, 0.25) is 0 Å². The Morgan fingerprint density at radius 1 is 0.880 bits per heavy atom. The van der Waals surface area contributed by atoms with Crippen molar-refractivity contribution >= 4 is 17.9 Å². The van der Waals surface area contributed by atoms with Crippen LogP contribution in [0.15, 0.2) is 30.3 Å². The summed E-state index contributed by atoms with van der Waals surface area (Å²) in [6, 6.07) is 8.76. The molecule has 1 aromatic carbocycles. The molecule has 0 bridgehead atoms. The molecule has 0 spiro atoms. The van der Waals surface area contributed by atoms with Gasteiger partial charge < -0.3 is 23.7 Å². The van der Waals surface area contributed by atoms with Crippen LogP contribution in [0.3, 0.4) is 0 Å². The number of carbonyl (C=O) groups excluding carboxylic acids is 3. The van der Waals surface area contributed by atoms with Crippen LogP contribution in [0.4, 0.5) is 0 Å². The van der Waals surface area contributed by atoms with Crippen molar-refractivity contribution in [1.82, 2.24) is 0 Å². The largest absolute Gasteiger partial charge is 0.461 e. The minimum atomic E-state index is -1.10. The van der Waals surface area contributed by atoms with Crippen molar-refractivity contribution in [3.8, 4) is 5.75 Å². The molecule has 1 saturated heterocycles. The summed E-state index contributed by atoms with van der Waals surface area (Å²) in [5, 5.41) is 0. The second-order valence-electron chi connectivity index (χ2n) is 5.43. The summed E-state index contributed by atoms with van der Waals surface area (Å²) < 4.78 is 26.9. The fourth-order valence-corrected chi connectivity index (χ4v) is 2.44. The van der Waals surface area contributed by atoms with Crippen LogP contribution in [0.25, 0.3) is 0 Å². The molecule has 0 aliphatic carbocycles. The van der Waals surface area contributed by atoms with Crippen LogP contribution in [0, 0.1) is 0 Å². The highest BCUT2D eigenvalue weighted by molar-refractivity contribution is 5.68. The summed E-state index contributed by atoms with van der Waals surface area (Å²) in [5.41, 5.74) is 0. The molecular formula is C17H20O8. The van der Waals surface area contributed by atoms with Crippen LogP contribution in [0.5, 0.6) is 5.75 Å². The van der Waals surface area contributed by atoms with Gasteiger partial charge in [0, 0.05) is 20.8 Å². The summed E-state index contributed by atoms with van der Waals surface area (Å²) >= 11 is 0. The first-order valence-corrected chi connectivity index (χ1v) is 7.71. The van der Waals surface area contributed by atoms with Gasteiger partial charge in [0.25, 0.3) is 0 Å². The lowest BCUT2D eigenvalue weighted by Crippen LogP contribution is -2.59. The number of rotatable bonds is 5. The Morgan fingerprint density at radius 3 is 2.00 bits per heavy atom. The normalized spacial score (nSPS) is 25.6. The summed E-state index contributed by atoms with van der Waals surface area (Å²) in [6.07, 6.45) is -4.09. The fourth-order valence-electron chi connectivity index (χ4n) is 2.44. The molecule has 1 aliphatic rings. The van der Waals surface area contributed by atoms with E-state index in [9.17, 15) is 14.4 Å². The number of para-hydroxylation sites is 1. The van der Waals surface area contributed by atoms with E-state index in [1.807, 2.05) is 6.07 Å². The highest BCUT2D eigenvalue weighted by Gasteiger charge is 2.48. The molecule has 136 valence electrons. The van der Waals surface area contributed by atoms with E-state index in [-0.39, 0.29) is 6.61 Å². The lowest BCUT2D eigenvalue weighted by atomic mass is 10.0. The molecule has 0 radical (unpaired) electrons. The molecule has 8 heteroatoms. The lowest BCUT2D eigenvalue weighted by Gasteiger charge is -2.40. The average molecular weight is 352 g/mol. The highest BCUT2D eigenvalue weighted by atomic mass is 16.7. The van der Waals surface area contributed by atoms with Gasteiger partial charge in [0.1, 0.15) is 5.75 Å². The predicted molar refractivity (Wildman–Crippen MR) is 83.5 cm³/mol. The molecule has 0 unspecified atom stereocenters. The van der Waals surface area contributed by atoms with Gasteiger partial charge in [-0.2, -0.15) is 0 Å². The zero-order chi connectivity index (χ0) is 18.4. The first kappa shape index (κ1) is 18.7. The molecule has 0 saturated carbocycles. The molecule has 1 aromatic rings. The molecule has 1 fully saturated rings. The number of carbonyl (C=O) groups is 3. The molecule has 0 amide bonds. The Morgan fingerprint density at radius 2 is 1.44 bits per heavy atom. The number of esters is 3. The van der Waals surface area contributed by atoms with Crippen molar-refractivity contribution in [1.29, 1.82) is 0 Å². The second kappa shape index (κ2) is 8.48. The third-order valence-corrected chi connectivity index (χ3v) is 3.30. The highest BCUT2D eigenvalue weighted by Crippen LogP contribution is 2.26. The molecule has 0 aromatic heterocycles. The molecule has 0 N–H and O–H groups in total. The summed E-state index contributed by atoms with van der Waals surface area (Å²) in [5.74, 6) is -1.32. The van der Waals surface area contributed by atoms with Crippen LogP contribution in [-0.2, 0) is 33.3 Å². The quantitative estimate of drug-likeness (QED) is 0.576. The topological polar surface area (TPSA) is 97.4 Å². The van der Waals surface area contributed by atoms with Crippen molar-refractivity contribution in [2.24, 2.45) is 0 Å². The van der Waals surface area contributed by atoms with Crippen molar-refractivity contribution in [2.75, 3.05) is 6.61 Å². The van der Waals surface area contributed by atoms with Gasteiger partial charge in [0.05, 0.1) is 6.61 Å². The Kier molecular flexibility index (Phi) is 6.35.